The molecule has 2 heterocycles. The van der Waals surface area contributed by atoms with Gasteiger partial charge in [0.1, 0.15) is 0 Å². The number of carbonyl (C=O) groups excluding carboxylic acids is 1. The van der Waals surface area contributed by atoms with Gasteiger partial charge in [0.05, 0.1) is 12.5 Å². The lowest BCUT2D eigenvalue weighted by molar-refractivity contribution is -0.187. The van der Waals surface area contributed by atoms with Gasteiger partial charge >= 0.3 is 6.18 Å². The lowest BCUT2D eigenvalue weighted by atomic mass is 9.97. The number of halogens is 3. The number of amides is 1. The third-order valence-corrected chi connectivity index (χ3v) is 4.73. The van der Waals surface area contributed by atoms with Gasteiger partial charge in [-0.2, -0.15) is 13.2 Å². The van der Waals surface area contributed by atoms with Crippen LogP contribution in [0.4, 0.5) is 13.2 Å². The number of hydrogen-bond donors (Lipinski definition) is 2. The Bertz CT molecular complexity index is 726. The normalized spacial score (nSPS) is 19.2. The predicted octanol–water partition coefficient (Wildman–Crippen LogP) is 3.10. The molecule has 1 amide bonds. The maximum atomic E-state index is 12.8. The number of nitrogens with zero attached hydrogens (tertiary/aromatic N) is 1. The molecule has 1 aromatic carbocycles. The monoisotopic (exact) mass is 353 g/mol. The highest BCUT2D eigenvalue weighted by Gasteiger charge is 2.41. The maximum Gasteiger partial charge on any atom is 0.393 e. The molecule has 7 heteroatoms. The molecule has 0 saturated carbocycles. The van der Waals surface area contributed by atoms with Crippen molar-refractivity contribution in [3.8, 4) is 0 Å². The molecule has 0 radical (unpaired) electrons. The summed E-state index contributed by atoms with van der Waals surface area (Å²) in [5.74, 6) is -1.54. The van der Waals surface area contributed by atoms with Crippen molar-refractivity contribution in [2.75, 3.05) is 26.2 Å². The molecular weight excluding hydrogens is 331 g/mol. The number of H-pyrrole nitrogens is 1. The van der Waals surface area contributed by atoms with E-state index in [4.69, 9.17) is 0 Å². The van der Waals surface area contributed by atoms with Crippen LogP contribution < -0.4 is 5.32 Å². The number of carbonyl (C=O) groups is 1. The Labute approximate surface area is 144 Å². The molecule has 136 valence electrons. The van der Waals surface area contributed by atoms with Crippen molar-refractivity contribution in [2.45, 2.75) is 25.4 Å². The second-order valence-corrected chi connectivity index (χ2v) is 6.58. The SMILES string of the molecule is O=C(CN1CCCC(C(F)(F)F)C1)NCCc1c[nH]c2ccccc12. The molecule has 0 spiro atoms. The zero-order valence-corrected chi connectivity index (χ0v) is 13.9. The van der Waals surface area contributed by atoms with Crippen LogP contribution in [0.15, 0.2) is 30.5 Å². The third kappa shape index (κ3) is 4.54. The maximum absolute atomic E-state index is 12.8. The average Bonchev–Trinajstić information content (AvgIpc) is 2.98. The van der Waals surface area contributed by atoms with E-state index in [9.17, 15) is 18.0 Å². The van der Waals surface area contributed by atoms with E-state index < -0.39 is 12.1 Å². The Hall–Kier alpha value is -2.02. The van der Waals surface area contributed by atoms with Crippen LogP contribution in [0.25, 0.3) is 10.9 Å². The fourth-order valence-corrected chi connectivity index (χ4v) is 3.40. The summed E-state index contributed by atoms with van der Waals surface area (Å²) in [5.41, 5.74) is 2.17. The van der Waals surface area contributed by atoms with Gasteiger partial charge in [-0.1, -0.05) is 18.2 Å². The summed E-state index contributed by atoms with van der Waals surface area (Å²) < 4.78 is 38.4. The quantitative estimate of drug-likeness (QED) is 0.868. The molecule has 1 fully saturated rings. The smallest absolute Gasteiger partial charge is 0.361 e. The first kappa shape index (κ1) is 17.8. The molecule has 1 aliphatic heterocycles. The van der Waals surface area contributed by atoms with Crippen LogP contribution in [-0.2, 0) is 11.2 Å². The molecule has 0 bridgehead atoms. The minimum absolute atomic E-state index is 0.0282. The zero-order chi connectivity index (χ0) is 17.9. The first-order chi connectivity index (χ1) is 11.9. The van der Waals surface area contributed by atoms with E-state index in [1.807, 2.05) is 30.5 Å². The van der Waals surface area contributed by atoms with Gasteiger partial charge in [0.15, 0.2) is 0 Å². The zero-order valence-electron chi connectivity index (χ0n) is 13.9. The number of para-hydroxylation sites is 1. The number of rotatable bonds is 5. The number of likely N-dealkylation sites (tertiary alicyclic amines) is 1. The fraction of sp³-hybridized carbons (Fsp3) is 0.500. The van der Waals surface area contributed by atoms with Crippen LogP contribution in [0.3, 0.4) is 0 Å². The van der Waals surface area contributed by atoms with Gasteiger partial charge in [0, 0.05) is 30.2 Å². The Morgan fingerprint density at radius 3 is 2.92 bits per heavy atom. The van der Waals surface area contributed by atoms with Crippen molar-refractivity contribution in [2.24, 2.45) is 5.92 Å². The minimum atomic E-state index is -4.18. The molecule has 1 atom stereocenters. The number of fused-ring (bicyclic) bond motifs is 1. The summed E-state index contributed by atoms with van der Waals surface area (Å²) in [6.07, 6.45) is -0.935. The second-order valence-electron chi connectivity index (χ2n) is 6.58. The van der Waals surface area contributed by atoms with Crippen molar-refractivity contribution in [1.29, 1.82) is 0 Å². The van der Waals surface area contributed by atoms with Crippen LogP contribution in [0, 0.1) is 5.92 Å². The van der Waals surface area contributed by atoms with Gasteiger partial charge in [-0.25, -0.2) is 0 Å². The summed E-state index contributed by atoms with van der Waals surface area (Å²) in [7, 11) is 0. The largest absolute Gasteiger partial charge is 0.393 e. The molecule has 0 aliphatic carbocycles. The summed E-state index contributed by atoms with van der Waals surface area (Å²) in [4.78, 5) is 16.8. The Kier molecular flexibility index (Phi) is 5.32. The lowest BCUT2D eigenvalue weighted by Gasteiger charge is -2.33. The number of benzene rings is 1. The van der Waals surface area contributed by atoms with Crippen molar-refractivity contribution < 1.29 is 18.0 Å². The van der Waals surface area contributed by atoms with Gasteiger partial charge in [0.25, 0.3) is 0 Å². The van der Waals surface area contributed by atoms with E-state index in [0.717, 1.165) is 16.5 Å². The van der Waals surface area contributed by atoms with Crippen molar-refractivity contribution in [3.63, 3.8) is 0 Å². The van der Waals surface area contributed by atoms with E-state index in [2.05, 4.69) is 10.3 Å². The standard InChI is InChI=1S/C18H22F3N3O/c19-18(20,21)14-4-3-9-24(11-14)12-17(25)22-8-7-13-10-23-16-6-2-1-5-15(13)16/h1-2,5-6,10,14,23H,3-4,7-9,11-12H2,(H,22,25). The Morgan fingerprint density at radius 2 is 2.12 bits per heavy atom. The summed E-state index contributed by atoms with van der Waals surface area (Å²) in [5, 5.41) is 3.94. The van der Waals surface area contributed by atoms with Crippen molar-refractivity contribution >= 4 is 16.8 Å². The number of aromatic nitrogens is 1. The van der Waals surface area contributed by atoms with Gasteiger partial charge in [-0.15, -0.1) is 0 Å². The fourth-order valence-electron chi connectivity index (χ4n) is 3.40. The first-order valence-corrected chi connectivity index (χ1v) is 8.54. The average molecular weight is 353 g/mol. The van der Waals surface area contributed by atoms with Crippen molar-refractivity contribution in [1.82, 2.24) is 15.2 Å². The molecule has 1 saturated heterocycles. The first-order valence-electron chi connectivity index (χ1n) is 8.54. The van der Waals surface area contributed by atoms with Gasteiger partial charge in [0.2, 0.25) is 5.91 Å². The molecular formula is C18H22F3N3O. The Morgan fingerprint density at radius 1 is 1.32 bits per heavy atom. The van der Waals surface area contributed by atoms with E-state index in [1.54, 1.807) is 4.90 Å². The van der Waals surface area contributed by atoms with Gasteiger partial charge < -0.3 is 10.3 Å². The summed E-state index contributed by atoms with van der Waals surface area (Å²) in [6.45, 7) is 0.958. The van der Waals surface area contributed by atoms with Crippen LogP contribution >= 0.6 is 0 Å². The highest BCUT2D eigenvalue weighted by Crippen LogP contribution is 2.32. The lowest BCUT2D eigenvalue weighted by Crippen LogP contribution is -2.46. The van der Waals surface area contributed by atoms with Gasteiger partial charge in [-0.05, 0) is 37.4 Å². The third-order valence-electron chi connectivity index (χ3n) is 4.73. The molecule has 1 aliphatic rings. The topological polar surface area (TPSA) is 48.1 Å². The van der Waals surface area contributed by atoms with E-state index in [1.165, 1.54) is 0 Å². The Balaban J connectivity index is 1.45. The number of alkyl halides is 3. The number of piperidine rings is 1. The van der Waals surface area contributed by atoms with E-state index >= 15 is 0 Å². The van der Waals surface area contributed by atoms with Crippen LogP contribution in [-0.4, -0.2) is 48.1 Å². The summed E-state index contributed by atoms with van der Waals surface area (Å²) in [6, 6.07) is 7.93. The highest BCUT2D eigenvalue weighted by atomic mass is 19.4. The number of hydrogen-bond acceptors (Lipinski definition) is 2. The highest BCUT2D eigenvalue weighted by molar-refractivity contribution is 5.83. The molecule has 1 unspecified atom stereocenters. The van der Waals surface area contributed by atoms with Gasteiger partial charge in [-0.3, -0.25) is 9.69 Å². The second kappa shape index (κ2) is 7.47. The molecule has 4 nitrogen and oxygen atoms in total. The molecule has 25 heavy (non-hydrogen) atoms. The molecule has 2 aromatic rings. The molecule has 3 rings (SSSR count). The van der Waals surface area contributed by atoms with E-state index in [0.29, 0.717) is 25.9 Å². The number of aromatic amines is 1. The predicted molar refractivity (Wildman–Crippen MR) is 90.2 cm³/mol. The minimum Gasteiger partial charge on any atom is -0.361 e. The van der Waals surface area contributed by atoms with E-state index in [-0.39, 0.29) is 25.4 Å². The molecule has 1 aromatic heterocycles. The molecule has 2 N–H and O–H groups in total. The van der Waals surface area contributed by atoms with Crippen LogP contribution in [0.5, 0.6) is 0 Å². The van der Waals surface area contributed by atoms with Crippen molar-refractivity contribution in [3.05, 3.63) is 36.0 Å². The number of nitrogens with one attached hydrogen (secondary N) is 2. The summed E-state index contributed by atoms with van der Waals surface area (Å²) >= 11 is 0. The van der Waals surface area contributed by atoms with Crippen LogP contribution in [0.2, 0.25) is 0 Å². The van der Waals surface area contributed by atoms with Crippen LogP contribution in [0.1, 0.15) is 18.4 Å².